The number of fused-ring (bicyclic) bond motifs is 1. The maximum atomic E-state index is 3.50. The topological polar surface area (TPSA) is 53.0 Å². The molecule has 1 unspecified atom stereocenters. The molecular formula is C22H26N4. The third-order valence-corrected chi connectivity index (χ3v) is 5.76. The van der Waals surface area contributed by atoms with Gasteiger partial charge in [0.05, 0.1) is 0 Å². The number of rotatable bonds is 5. The second-order valence-electron chi connectivity index (χ2n) is 7.53. The van der Waals surface area contributed by atoms with Crippen molar-refractivity contribution in [1.29, 1.82) is 0 Å². The van der Waals surface area contributed by atoms with Crippen molar-refractivity contribution in [2.24, 2.45) is 0 Å². The normalized spacial score (nSPS) is 20.4. The summed E-state index contributed by atoms with van der Waals surface area (Å²) >= 11 is 0. The van der Waals surface area contributed by atoms with Crippen LogP contribution in [0, 0.1) is 0 Å². The third-order valence-electron chi connectivity index (χ3n) is 5.76. The van der Waals surface area contributed by atoms with E-state index < -0.39 is 0 Å². The van der Waals surface area contributed by atoms with Crippen molar-refractivity contribution in [3.8, 4) is 0 Å². The molecule has 4 nitrogen and oxygen atoms in total. The van der Waals surface area contributed by atoms with E-state index in [4.69, 9.17) is 0 Å². The second kappa shape index (κ2) is 6.78. The van der Waals surface area contributed by atoms with E-state index in [1.54, 1.807) is 0 Å². The Balaban J connectivity index is 1.52. The zero-order valence-electron chi connectivity index (χ0n) is 15.0. The summed E-state index contributed by atoms with van der Waals surface area (Å²) in [5.41, 5.74) is 5.37. The van der Waals surface area contributed by atoms with Crippen LogP contribution in [0.2, 0.25) is 0 Å². The fourth-order valence-corrected chi connectivity index (χ4v) is 4.21. The molecule has 0 aliphatic carbocycles. The molecule has 0 bridgehead atoms. The molecule has 134 valence electrons. The van der Waals surface area contributed by atoms with E-state index in [9.17, 15) is 0 Å². The van der Waals surface area contributed by atoms with Crippen LogP contribution in [0.3, 0.4) is 0 Å². The fraction of sp³-hybridized carbons (Fsp3) is 0.364. The smallest absolute Gasteiger partial charge is 0.0468 e. The maximum absolute atomic E-state index is 3.50. The van der Waals surface area contributed by atoms with Gasteiger partial charge in [0.25, 0.3) is 0 Å². The zero-order valence-corrected chi connectivity index (χ0v) is 15.0. The predicted molar refractivity (Wildman–Crippen MR) is 108 cm³/mol. The third kappa shape index (κ3) is 3.11. The van der Waals surface area contributed by atoms with Crippen LogP contribution in [0.15, 0.2) is 54.7 Å². The van der Waals surface area contributed by atoms with Crippen LogP contribution in [-0.2, 0) is 6.54 Å². The van der Waals surface area contributed by atoms with Crippen molar-refractivity contribution < 1.29 is 0 Å². The summed E-state index contributed by atoms with van der Waals surface area (Å²) in [6.45, 7) is 4.29. The minimum atomic E-state index is 0.528. The molecule has 3 heterocycles. The molecule has 2 aromatic carbocycles. The number of anilines is 1. The summed E-state index contributed by atoms with van der Waals surface area (Å²) in [7, 11) is 0. The Morgan fingerprint density at radius 2 is 1.81 bits per heavy atom. The predicted octanol–water partition coefficient (Wildman–Crippen LogP) is 3.57. The Morgan fingerprint density at radius 1 is 1.00 bits per heavy atom. The van der Waals surface area contributed by atoms with Crippen molar-refractivity contribution in [2.45, 2.75) is 31.5 Å². The average molecular weight is 346 g/mol. The first-order chi connectivity index (χ1) is 12.9. The van der Waals surface area contributed by atoms with Crippen molar-refractivity contribution in [3.63, 3.8) is 0 Å². The Morgan fingerprint density at radius 3 is 2.58 bits per heavy atom. The number of hydrogen-bond acceptors (Lipinski definition) is 3. The molecule has 2 saturated heterocycles. The second-order valence-corrected chi connectivity index (χ2v) is 7.53. The molecule has 0 saturated carbocycles. The highest BCUT2D eigenvalue weighted by molar-refractivity contribution is 5.87. The minimum Gasteiger partial charge on any atom is -0.364 e. The molecule has 3 aromatic rings. The molecule has 2 fully saturated rings. The van der Waals surface area contributed by atoms with E-state index in [0.29, 0.717) is 12.1 Å². The molecule has 1 aromatic heterocycles. The van der Waals surface area contributed by atoms with Crippen LogP contribution < -0.4 is 15.5 Å². The molecule has 2 aliphatic rings. The fourth-order valence-electron chi connectivity index (χ4n) is 4.21. The highest BCUT2D eigenvalue weighted by Gasteiger charge is 2.26. The lowest BCUT2D eigenvalue weighted by Gasteiger charge is -2.36. The number of H-pyrrole nitrogens is 1. The quantitative estimate of drug-likeness (QED) is 0.619. The van der Waals surface area contributed by atoms with Crippen LogP contribution in [-0.4, -0.2) is 30.7 Å². The summed E-state index contributed by atoms with van der Waals surface area (Å²) in [4.78, 5) is 6.05. The van der Waals surface area contributed by atoms with Gasteiger partial charge in [0.15, 0.2) is 0 Å². The van der Waals surface area contributed by atoms with Gasteiger partial charge < -0.3 is 20.5 Å². The van der Waals surface area contributed by atoms with Gasteiger partial charge in [-0.2, -0.15) is 0 Å². The molecule has 4 heteroatoms. The number of benzene rings is 2. The zero-order chi connectivity index (χ0) is 17.3. The van der Waals surface area contributed by atoms with Gasteiger partial charge in [-0.1, -0.05) is 30.3 Å². The molecule has 3 N–H and O–H groups in total. The van der Waals surface area contributed by atoms with Gasteiger partial charge in [0, 0.05) is 48.0 Å². The van der Waals surface area contributed by atoms with Crippen LogP contribution in [0.25, 0.3) is 10.9 Å². The van der Waals surface area contributed by atoms with E-state index in [0.717, 1.165) is 26.2 Å². The first kappa shape index (κ1) is 15.9. The van der Waals surface area contributed by atoms with E-state index in [2.05, 4.69) is 75.2 Å². The molecule has 26 heavy (non-hydrogen) atoms. The van der Waals surface area contributed by atoms with Crippen molar-refractivity contribution in [1.82, 2.24) is 15.6 Å². The van der Waals surface area contributed by atoms with Crippen molar-refractivity contribution in [2.75, 3.05) is 24.5 Å². The SMILES string of the molecule is c1ccc(CN(c2ccc3[nH]cc(C4CN4)c3c2)C2CCNCC2)cc1. The van der Waals surface area contributed by atoms with Crippen LogP contribution >= 0.6 is 0 Å². The number of piperidine rings is 1. The summed E-state index contributed by atoms with van der Waals surface area (Å²) in [6, 6.07) is 18.9. The summed E-state index contributed by atoms with van der Waals surface area (Å²) in [5, 5.41) is 8.31. The van der Waals surface area contributed by atoms with Gasteiger partial charge >= 0.3 is 0 Å². The minimum absolute atomic E-state index is 0.528. The van der Waals surface area contributed by atoms with Gasteiger partial charge in [-0.05, 0) is 55.3 Å². The molecule has 2 aliphatic heterocycles. The summed E-state index contributed by atoms with van der Waals surface area (Å²) < 4.78 is 0. The lowest BCUT2D eigenvalue weighted by Crippen LogP contribution is -2.43. The first-order valence-electron chi connectivity index (χ1n) is 9.74. The molecule has 1 atom stereocenters. The summed E-state index contributed by atoms with van der Waals surface area (Å²) in [5.74, 6) is 0. The van der Waals surface area contributed by atoms with Gasteiger partial charge in [0.2, 0.25) is 0 Å². The van der Waals surface area contributed by atoms with E-state index in [1.165, 1.54) is 40.6 Å². The van der Waals surface area contributed by atoms with Crippen LogP contribution in [0.4, 0.5) is 5.69 Å². The monoisotopic (exact) mass is 346 g/mol. The highest BCUT2D eigenvalue weighted by atomic mass is 15.2. The molecule has 5 rings (SSSR count). The number of nitrogens with one attached hydrogen (secondary N) is 3. The number of hydrogen-bond donors (Lipinski definition) is 3. The Labute approximate surface area is 154 Å². The molecule has 0 spiro atoms. The van der Waals surface area contributed by atoms with E-state index in [-0.39, 0.29) is 0 Å². The Bertz CT molecular complexity index is 876. The van der Waals surface area contributed by atoms with Gasteiger partial charge in [-0.25, -0.2) is 0 Å². The van der Waals surface area contributed by atoms with E-state index in [1.807, 2.05) is 0 Å². The van der Waals surface area contributed by atoms with Crippen LogP contribution in [0.1, 0.15) is 30.0 Å². The van der Waals surface area contributed by atoms with Crippen molar-refractivity contribution >= 4 is 16.6 Å². The number of aromatic nitrogens is 1. The lowest BCUT2D eigenvalue weighted by atomic mass is 10.0. The molecular weight excluding hydrogens is 320 g/mol. The van der Waals surface area contributed by atoms with Gasteiger partial charge in [-0.3, -0.25) is 0 Å². The average Bonchev–Trinajstić information content (AvgIpc) is 3.46. The first-order valence-corrected chi connectivity index (χ1v) is 9.74. The van der Waals surface area contributed by atoms with Gasteiger partial charge in [-0.15, -0.1) is 0 Å². The van der Waals surface area contributed by atoms with Crippen LogP contribution in [0.5, 0.6) is 0 Å². The standard InChI is InChI=1S/C22H26N4/c1-2-4-16(5-3-1)15-26(17-8-10-23-11-9-17)18-6-7-21-19(12-18)20(13-24-21)22-14-25-22/h1-7,12-13,17,22-25H,8-11,14-15H2. The number of aromatic amines is 1. The molecule has 0 radical (unpaired) electrons. The Kier molecular flexibility index (Phi) is 4.15. The molecule has 0 amide bonds. The highest BCUT2D eigenvalue weighted by Crippen LogP contribution is 2.33. The largest absolute Gasteiger partial charge is 0.364 e. The summed E-state index contributed by atoms with van der Waals surface area (Å²) in [6.07, 6.45) is 4.58. The Hall–Kier alpha value is -2.30. The maximum Gasteiger partial charge on any atom is 0.0468 e. The van der Waals surface area contributed by atoms with Gasteiger partial charge in [0.1, 0.15) is 0 Å². The lowest BCUT2D eigenvalue weighted by molar-refractivity contribution is 0.428. The van der Waals surface area contributed by atoms with E-state index >= 15 is 0 Å². The van der Waals surface area contributed by atoms with Crippen molar-refractivity contribution in [3.05, 3.63) is 65.9 Å². The number of nitrogens with zero attached hydrogens (tertiary/aromatic N) is 1.